The van der Waals surface area contributed by atoms with Crippen LogP contribution in [0.4, 0.5) is 14.5 Å². The summed E-state index contributed by atoms with van der Waals surface area (Å²) in [5.41, 5.74) is 0.498. The van der Waals surface area contributed by atoms with Gasteiger partial charge >= 0.3 is 0 Å². The number of carbonyl (C=O) groups is 1. The van der Waals surface area contributed by atoms with Crippen molar-refractivity contribution in [3.8, 4) is 11.6 Å². The number of anilines is 1. The van der Waals surface area contributed by atoms with Crippen LogP contribution in [0.1, 0.15) is 12.8 Å². The zero-order valence-corrected chi connectivity index (χ0v) is 12.8. The van der Waals surface area contributed by atoms with Gasteiger partial charge in [0.2, 0.25) is 11.8 Å². The molecule has 0 unspecified atom stereocenters. The zero-order chi connectivity index (χ0) is 17.1. The van der Waals surface area contributed by atoms with Crippen LogP contribution in [0.15, 0.2) is 40.9 Å². The van der Waals surface area contributed by atoms with Gasteiger partial charge in [0, 0.05) is 18.7 Å². The molecule has 0 atom stereocenters. The van der Waals surface area contributed by atoms with E-state index in [9.17, 15) is 13.6 Å². The van der Waals surface area contributed by atoms with E-state index in [1.54, 1.807) is 22.9 Å². The summed E-state index contributed by atoms with van der Waals surface area (Å²) < 4.78 is 33.5. The highest BCUT2D eigenvalue weighted by molar-refractivity contribution is 5.90. The van der Waals surface area contributed by atoms with E-state index >= 15 is 0 Å². The van der Waals surface area contributed by atoms with Crippen LogP contribution in [-0.4, -0.2) is 20.7 Å². The van der Waals surface area contributed by atoms with E-state index in [0.717, 1.165) is 6.07 Å². The lowest BCUT2D eigenvalue weighted by molar-refractivity contribution is -0.116. The molecule has 0 aliphatic rings. The molecule has 8 heteroatoms. The van der Waals surface area contributed by atoms with Gasteiger partial charge < -0.3 is 14.3 Å². The highest BCUT2D eigenvalue weighted by Crippen LogP contribution is 2.20. The van der Waals surface area contributed by atoms with Crippen molar-refractivity contribution in [1.82, 2.24) is 14.8 Å². The maximum absolute atomic E-state index is 13.6. The van der Waals surface area contributed by atoms with Crippen LogP contribution < -0.4 is 5.32 Å². The monoisotopic (exact) mass is 332 g/mol. The van der Waals surface area contributed by atoms with E-state index in [-0.39, 0.29) is 12.2 Å². The minimum absolute atomic E-state index is 0.0804. The third-order valence-electron chi connectivity index (χ3n) is 3.34. The summed E-state index contributed by atoms with van der Waals surface area (Å²) in [6.45, 7) is 1.81. The van der Waals surface area contributed by atoms with Crippen LogP contribution >= 0.6 is 0 Å². The Morgan fingerprint density at radius 2 is 2.12 bits per heavy atom. The normalized spacial score (nSPS) is 10.8. The van der Waals surface area contributed by atoms with Gasteiger partial charge in [-0.2, -0.15) is 0 Å². The molecule has 124 valence electrons. The number of hydrogen-bond acceptors (Lipinski definition) is 4. The molecule has 2 heterocycles. The number of aryl methyl sites for hydroxylation is 1. The summed E-state index contributed by atoms with van der Waals surface area (Å²) in [4.78, 5) is 12.1. The van der Waals surface area contributed by atoms with Gasteiger partial charge in [-0.15, -0.1) is 10.2 Å². The van der Waals surface area contributed by atoms with E-state index in [2.05, 4.69) is 15.5 Å². The Morgan fingerprint density at radius 3 is 2.83 bits per heavy atom. The SMILES string of the molecule is CCc1nnc(-c2cccn2CC(=O)Nc2ccc(F)cc2F)o1. The fourth-order valence-electron chi connectivity index (χ4n) is 2.18. The second kappa shape index (κ2) is 6.61. The fourth-order valence-corrected chi connectivity index (χ4v) is 2.18. The smallest absolute Gasteiger partial charge is 0.264 e. The lowest BCUT2D eigenvalue weighted by Crippen LogP contribution is -2.19. The maximum atomic E-state index is 13.6. The van der Waals surface area contributed by atoms with Crippen LogP contribution in [0.5, 0.6) is 0 Å². The number of halogens is 2. The molecule has 1 aromatic carbocycles. The molecule has 0 aliphatic carbocycles. The van der Waals surface area contributed by atoms with E-state index in [1.165, 1.54) is 6.07 Å². The van der Waals surface area contributed by atoms with Gasteiger partial charge in [0.05, 0.1) is 5.69 Å². The standard InChI is InChI=1S/C16H14F2N4O2/c1-2-15-20-21-16(24-15)13-4-3-7-22(13)9-14(23)19-12-6-5-10(17)8-11(12)18/h3-8H,2,9H2,1H3,(H,19,23). The largest absolute Gasteiger partial charge is 0.419 e. The Hall–Kier alpha value is -3.03. The number of nitrogens with one attached hydrogen (secondary N) is 1. The van der Waals surface area contributed by atoms with Crippen LogP contribution in [0, 0.1) is 11.6 Å². The Morgan fingerprint density at radius 1 is 1.29 bits per heavy atom. The molecule has 0 bridgehead atoms. The van der Waals surface area contributed by atoms with Crippen molar-refractivity contribution in [2.75, 3.05) is 5.32 Å². The summed E-state index contributed by atoms with van der Waals surface area (Å²) in [6, 6.07) is 6.42. The van der Waals surface area contributed by atoms with Gasteiger partial charge in [-0.3, -0.25) is 4.79 Å². The van der Waals surface area contributed by atoms with Crippen molar-refractivity contribution in [2.24, 2.45) is 0 Å². The molecule has 0 saturated carbocycles. The molecular formula is C16H14F2N4O2. The summed E-state index contributed by atoms with van der Waals surface area (Å²) in [6.07, 6.45) is 2.28. The first kappa shape index (κ1) is 15.9. The molecule has 2 aromatic heterocycles. The number of rotatable bonds is 5. The first-order chi connectivity index (χ1) is 11.6. The number of carbonyl (C=O) groups excluding carboxylic acids is 1. The zero-order valence-electron chi connectivity index (χ0n) is 12.8. The maximum Gasteiger partial charge on any atom is 0.264 e. The molecule has 1 amide bonds. The molecule has 0 radical (unpaired) electrons. The van der Waals surface area contributed by atoms with Gasteiger partial charge in [0.25, 0.3) is 5.89 Å². The number of benzene rings is 1. The summed E-state index contributed by atoms with van der Waals surface area (Å²) in [7, 11) is 0. The van der Waals surface area contributed by atoms with Gasteiger partial charge in [-0.25, -0.2) is 8.78 Å². The van der Waals surface area contributed by atoms with E-state index in [0.29, 0.717) is 30.0 Å². The Bertz CT molecular complexity index is 873. The third kappa shape index (κ3) is 3.32. The minimum atomic E-state index is -0.833. The van der Waals surface area contributed by atoms with Crippen molar-refractivity contribution in [3.63, 3.8) is 0 Å². The van der Waals surface area contributed by atoms with Crippen molar-refractivity contribution >= 4 is 11.6 Å². The lowest BCUT2D eigenvalue weighted by atomic mass is 10.3. The van der Waals surface area contributed by atoms with Crippen LogP contribution in [-0.2, 0) is 17.8 Å². The second-order valence-corrected chi connectivity index (χ2v) is 5.05. The van der Waals surface area contributed by atoms with E-state index in [1.807, 2.05) is 6.92 Å². The fraction of sp³-hybridized carbons (Fsp3) is 0.188. The average Bonchev–Trinajstić information content (AvgIpc) is 3.18. The highest BCUT2D eigenvalue weighted by atomic mass is 19.1. The lowest BCUT2D eigenvalue weighted by Gasteiger charge is -2.09. The van der Waals surface area contributed by atoms with Gasteiger partial charge in [-0.1, -0.05) is 6.92 Å². The molecule has 3 rings (SSSR count). The first-order valence-electron chi connectivity index (χ1n) is 7.29. The van der Waals surface area contributed by atoms with Crippen molar-refractivity contribution < 1.29 is 18.0 Å². The molecule has 3 aromatic rings. The van der Waals surface area contributed by atoms with Crippen LogP contribution in [0.25, 0.3) is 11.6 Å². The predicted octanol–water partition coefficient (Wildman–Crippen LogP) is 3.02. The molecule has 24 heavy (non-hydrogen) atoms. The molecule has 0 spiro atoms. The molecule has 0 fully saturated rings. The number of amides is 1. The highest BCUT2D eigenvalue weighted by Gasteiger charge is 2.14. The summed E-state index contributed by atoms with van der Waals surface area (Å²) in [5, 5.41) is 10.2. The quantitative estimate of drug-likeness (QED) is 0.779. The Labute approximate surface area is 136 Å². The first-order valence-corrected chi connectivity index (χ1v) is 7.29. The molecular weight excluding hydrogens is 318 g/mol. The van der Waals surface area contributed by atoms with Crippen LogP contribution in [0.3, 0.4) is 0 Å². The third-order valence-corrected chi connectivity index (χ3v) is 3.34. The Balaban J connectivity index is 1.74. The number of hydrogen-bond donors (Lipinski definition) is 1. The van der Waals surface area contributed by atoms with Crippen LogP contribution in [0.2, 0.25) is 0 Å². The van der Waals surface area contributed by atoms with E-state index < -0.39 is 17.5 Å². The van der Waals surface area contributed by atoms with Gasteiger partial charge in [0.15, 0.2) is 0 Å². The number of nitrogens with zero attached hydrogens (tertiary/aromatic N) is 3. The Kier molecular flexibility index (Phi) is 4.37. The van der Waals surface area contributed by atoms with Crippen molar-refractivity contribution in [1.29, 1.82) is 0 Å². The average molecular weight is 332 g/mol. The number of aromatic nitrogens is 3. The van der Waals surface area contributed by atoms with Crippen molar-refractivity contribution in [3.05, 3.63) is 54.1 Å². The van der Waals surface area contributed by atoms with Crippen molar-refractivity contribution in [2.45, 2.75) is 19.9 Å². The predicted molar refractivity (Wildman–Crippen MR) is 82.1 cm³/mol. The molecule has 0 aliphatic heterocycles. The summed E-state index contributed by atoms with van der Waals surface area (Å²) in [5.74, 6) is -1.21. The van der Waals surface area contributed by atoms with Gasteiger partial charge in [0.1, 0.15) is 23.9 Å². The topological polar surface area (TPSA) is 73.0 Å². The van der Waals surface area contributed by atoms with Gasteiger partial charge in [-0.05, 0) is 24.3 Å². The summed E-state index contributed by atoms with van der Waals surface area (Å²) >= 11 is 0. The molecule has 6 nitrogen and oxygen atoms in total. The minimum Gasteiger partial charge on any atom is -0.419 e. The van der Waals surface area contributed by atoms with E-state index in [4.69, 9.17) is 4.42 Å². The molecule has 0 saturated heterocycles. The second-order valence-electron chi connectivity index (χ2n) is 5.05. The molecule has 1 N–H and O–H groups in total.